The summed E-state index contributed by atoms with van der Waals surface area (Å²) in [5.41, 5.74) is 1.36. The van der Waals surface area contributed by atoms with Crippen molar-refractivity contribution in [1.29, 1.82) is 0 Å². The highest BCUT2D eigenvalue weighted by Crippen LogP contribution is 2.29. The highest BCUT2D eigenvalue weighted by atomic mass is 16.5. The van der Waals surface area contributed by atoms with Gasteiger partial charge in [0.2, 0.25) is 5.91 Å². The van der Waals surface area contributed by atoms with Gasteiger partial charge < -0.3 is 10.1 Å². The van der Waals surface area contributed by atoms with Gasteiger partial charge in [-0.15, -0.1) is 0 Å². The molecule has 6 nitrogen and oxygen atoms in total. The van der Waals surface area contributed by atoms with Crippen molar-refractivity contribution in [2.24, 2.45) is 13.0 Å². The van der Waals surface area contributed by atoms with Crippen molar-refractivity contribution < 1.29 is 14.3 Å². The molecule has 1 fully saturated rings. The van der Waals surface area contributed by atoms with Gasteiger partial charge in [0, 0.05) is 13.0 Å². The van der Waals surface area contributed by atoms with Crippen molar-refractivity contribution in [3.63, 3.8) is 0 Å². The molecule has 1 aromatic rings. The smallest absolute Gasteiger partial charge is 0.358 e. The highest BCUT2D eigenvalue weighted by molar-refractivity contribution is 6.01. The molecule has 1 saturated carbocycles. The predicted octanol–water partition coefficient (Wildman–Crippen LogP) is 1.25. The van der Waals surface area contributed by atoms with E-state index in [0.717, 1.165) is 19.3 Å². The monoisotopic (exact) mass is 251 g/mol. The lowest BCUT2D eigenvalue weighted by molar-refractivity contribution is -0.122. The molecule has 18 heavy (non-hydrogen) atoms. The topological polar surface area (TPSA) is 73.2 Å². The summed E-state index contributed by atoms with van der Waals surface area (Å²) >= 11 is 0. The Kier molecular flexibility index (Phi) is 3.36. The Morgan fingerprint density at radius 1 is 1.44 bits per heavy atom. The first-order chi connectivity index (χ1) is 8.54. The molecule has 1 aliphatic rings. The predicted molar refractivity (Wildman–Crippen MR) is 65.3 cm³/mol. The number of aryl methyl sites for hydroxylation is 2. The lowest BCUT2D eigenvalue weighted by atomic mass is 9.85. The number of carbonyl (C=O) groups is 2. The molecule has 98 valence electrons. The molecular weight excluding hydrogens is 234 g/mol. The van der Waals surface area contributed by atoms with Crippen LogP contribution in [0.1, 0.15) is 35.4 Å². The molecule has 1 aromatic heterocycles. The first-order valence-electron chi connectivity index (χ1n) is 5.97. The first-order valence-corrected chi connectivity index (χ1v) is 5.97. The van der Waals surface area contributed by atoms with Gasteiger partial charge in [0.1, 0.15) is 0 Å². The van der Waals surface area contributed by atoms with Gasteiger partial charge in [-0.1, -0.05) is 6.42 Å². The number of nitrogens with zero attached hydrogens (tertiary/aromatic N) is 2. The Morgan fingerprint density at radius 3 is 2.61 bits per heavy atom. The van der Waals surface area contributed by atoms with Crippen molar-refractivity contribution in [1.82, 2.24) is 9.78 Å². The summed E-state index contributed by atoms with van der Waals surface area (Å²) in [6.45, 7) is 1.75. The van der Waals surface area contributed by atoms with Crippen molar-refractivity contribution in [2.75, 3.05) is 12.4 Å². The van der Waals surface area contributed by atoms with Crippen LogP contribution in [0.15, 0.2) is 0 Å². The van der Waals surface area contributed by atoms with Crippen LogP contribution in [-0.4, -0.2) is 28.8 Å². The molecule has 2 rings (SSSR count). The molecule has 0 unspecified atom stereocenters. The molecule has 0 saturated heterocycles. The minimum Gasteiger partial charge on any atom is -0.464 e. The van der Waals surface area contributed by atoms with Gasteiger partial charge in [0.15, 0.2) is 5.69 Å². The van der Waals surface area contributed by atoms with Crippen LogP contribution in [0.3, 0.4) is 0 Å². The second kappa shape index (κ2) is 4.80. The molecule has 0 aliphatic heterocycles. The maximum atomic E-state index is 11.9. The molecule has 0 bridgehead atoms. The minimum absolute atomic E-state index is 0.0393. The Labute approximate surface area is 105 Å². The van der Waals surface area contributed by atoms with Crippen LogP contribution in [0, 0.1) is 12.8 Å². The van der Waals surface area contributed by atoms with Gasteiger partial charge in [-0.05, 0) is 19.8 Å². The number of carbonyl (C=O) groups excluding carboxylic acids is 2. The van der Waals surface area contributed by atoms with Gasteiger partial charge in [0.05, 0.1) is 18.5 Å². The van der Waals surface area contributed by atoms with E-state index in [1.54, 1.807) is 14.0 Å². The van der Waals surface area contributed by atoms with Crippen LogP contribution in [0.25, 0.3) is 0 Å². The standard InChI is InChI=1S/C12H17N3O3/c1-7-9(13-11(16)8-5-4-6-8)10(12(17)18-3)15(2)14-7/h8H,4-6H2,1-3H3,(H,13,16). The minimum atomic E-state index is -0.498. The van der Waals surface area contributed by atoms with Crippen molar-refractivity contribution >= 4 is 17.6 Å². The Balaban J connectivity index is 2.25. The number of esters is 1. The molecule has 1 aliphatic carbocycles. The number of amides is 1. The van der Waals surface area contributed by atoms with E-state index in [1.807, 2.05) is 0 Å². The summed E-state index contributed by atoms with van der Waals surface area (Å²) in [6, 6.07) is 0. The largest absolute Gasteiger partial charge is 0.464 e. The van der Waals surface area contributed by atoms with E-state index in [2.05, 4.69) is 10.4 Å². The number of rotatable bonds is 3. The number of aromatic nitrogens is 2. The maximum absolute atomic E-state index is 11.9. The van der Waals surface area contributed by atoms with E-state index in [4.69, 9.17) is 4.74 Å². The fraction of sp³-hybridized carbons (Fsp3) is 0.583. The summed E-state index contributed by atoms with van der Waals surface area (Å²) in [5, 5.41) is 6.93. The molecule has 1 N–H and O–H groups in total. The zero-order chi connectivity index (χ0) is 13.3. The SMILES string of the molecule is COC(=O)c1c(NC(=O)C2CCC2)c(C)nn1C. The number of nitrogens with one attached hydrogen (secondary N) is 1. The third-order valence-corrected chi connectivity index (χ3v) is 3.33. The average Bonchev–Trinajstić information content (AvgIpc) is 2.50. The third kappa shape index (κ3) is 2.10. The van der Waals surface area contributed by atoms with Crippen LogP contribution in [0.2, 0.25) is 0 Å². The Hall–Kier alpha value is -1.85. The van der Waals surface area contributed by atoms with Gasteiger partial charge in [0.25, 0.3) is 0 Å². The number of hydrogen-bond donors (Lipinski definition) is 1. The zero-order valence-electron chi connectivity index (χ0n) is 10.8. The van der Waals surface area contributed by atoms with Crippen LogP contribution < -0.4 is 5.32 Å². The zero-order valence-corrected chi connectivity index (χ0v) is 10.8. The summed E-state index contributed by atoms with van der Waals surface area (Å²) in [5.74, 6) is -0.473. The number of hydrogen-bond acceptors (Lipinski definition) is 4. The second-order valence-electron chi connectivity index (χ2n) is 4.54. The highest BCUT2D eigenvalue weighted by Gasteiger charge is 2.28. The summed E-state index contributed by atoms with van der Waals surface area (Å²) < 4.78 is 6.13. The van der Waals surface area contributed by atoms with Crippen LogP contribution in [-0.2, 0) is 16.6 Å². The average molecular weight is 251 g/mol. The van der Waals surface area contributed by atoms with Crippen molar-refractivity contribution in [2.45, 2.75) is 26.2 Å². The lowest BCUT2D eigenvalue weighted by Crippen LogP contribution is -2.29. The summed E-state index contributed by atoms with van der Waals surface area (Å²) in [4.78, 5) is 23.6. The summed E-state index contributed by atoms with van der Waals surface area (Å²) in [6.07, 6.45) is 2.92. The van der Waals surface area contributed by atoms with E-state index in [1.165, 1.54) is 11.8 Å². The quantitative estimate of drug-likeness (QED) is 0.821. The normalized spacial score (nSPS) is 15.1. The number of ether oxygens (including phenoxy) is 1. The maximum Gasteiger partial charge on any atom is 0.358 e. The van der Waals surface area contributed by atoms with Crippen LogP contribution in [0.5, 0.6) is 0 Å². The fourth-order valence-corrected chi connectivity index (χ4v) is 2.03. The molecule has 0 spiro atoms. The van der Waals surface area contributed by atoms with Gasteiger partial charge in [-0.3, -0.25) is 9.48 Å². The van der Waals surface area contributed by atoms with Crippen molar-refractivity contribution in [3.05, 3.63) is 11.4 Å². The Bertz CT molecular complexity index is 489. The van der Waals surface area contributed by atoms with E-state index in [9.17, 15) is 9.59 Å². The first kappa shape index (κ1) is 12.6. The molecule has 0 radical (unpaired) electrons. The van der Waals surface area contributed by atoms with E-state index < -0.39 is 5.97 Å². The number of methoxy groups -OCH3 is 1. The number of anilines is 1. The summed E-state index contributed by atoms with van der Waals surface area (Å²) in [7, 11) is 2.96. The van der Waals surface area contributed by atoms with E-state index in [-0.39, 0.29) is 17.5 Å². The molecule has 6 heteroatoms. The Morgan fingerprint density at radius 2 is 2.11 bits per heavy atom. The van der Waals surface area contributed by atoms with Gasteiger partial charge >= 0.3 is 5.97 Å². The van der Waals surface area contributed by atoms with Gasteiger partial charge in [-0.25, -0.2) is 4.79 Å². The fourth-order valence-electron chi connectivity index (χ4n) is 2.03. The van der Waals surface area contributed by atoms with Crippen LogP contribution in [0.4, 0.5) is 5.69 Å². The molecule has 0 atom stereocenters. The van der Waals surface area contributed by atoms with Crippen molar-refractivity contribution in [3.8, 4) is 0 Å². The third-order valence-electron chi connectivity index (χ3n) is 3.33. The van der Waals surface area contributed by atoms with E-state index >= 15 is 0 Å². The van der Waals surface area contributed by atoms with E-state index in [0.29, 0.717) is 11.4 Å². The molecule has 1 amide bonds. The lowest BCUT2D eigenvalue weighted by Gasteiger charge is -2.24. The molecule has 1 heterocycles. The van der Waals surface area contributed by atoms with Gasteiger partial charge in [-0.2, -0.15) is 5.10 Å². The second-order valence-corrected chi connectivity index (χ2v) is 4.54. The molecular formula is C12H17N3O3. The van der Waals surface area contributed by atoms with Crippen LogP contribution >= 0.6 is 0 Å². The molecule has 0 aromatic carbocycles.